The topological polar surface area (TPSA) is 110 Å². The Morgan fingerprint density at radius 3 is 2.42 bits per heavy atom. The molecule has 0 aromatic heterocycles. The van der Waals surface area contributed by atoms with Gasteiger partial charge in [0.15, 0.2) is 0 Å². The van der Waals surface area contributed by atoms with Gasteiger partial charge in [0.1, 0.15) is 5.70 Å². The summed E-state index contributed by atoms with van der Waals surface area (Å²) in [5.41, 5.74) is 0.0123. The lowest BCUT2D eigenvalue weighted by Gasteiger charge is -2.06. The number of nitrogens with one attached hydrogen (secondary N) is 1. The van der Waals surface area contributed by atoms with Crippen LogP contribution in [0.15, 0.2) is 58.7 Å². The van der Waals surface area contributed by atoms with Crippen molar-refractivity contribution in [1.82, 2.24) is 5.32 Å². The average Bonchev–Trinajstić information content (AvgIpc) is 2.55. The number of hydrogen-bond donors (Lipinski definition) is 2. The molecule has 24 heavy (non-hydrogen) atoms. The van der Waals surface area contributed by atoms with Gasteiger partial charge in [-0.1, -0.05) is 28.1 Å². The zero-order valence-corrected chi connectivity index (χ0v) is 13.7. The molecule has 0 aliphatic heterocycles. The van der Waals surface area contributed by atoms with E-state index in [-0.39, 0.29) is 22.5 Å². The standard InChI is InChI=1S/C16H11BrN2O5/c17-12-6-4-11(5-7-12)15(20)18-14(16(21)22)9-10-2-1-3-13(8-10)19(23)24/h1-9H,(H,18,20)(H,21,22)/b14-9-. The first-order valence-corrected chi connectivity index (χ1v) is 7.42. The van der Waals surface area contributed by atoms with E-state index in [1.54, 1.807) is 12.1 Å². The summed E-state index contributed by atoms with van der Waals surface area (Å²) in [7, 11) is 0. The fraction of sp³-hybridized carbons (Fsp3) is 0. The highest BCUT2D eigenvalue weighted by Gasteiger charge is 2.14. The minimum absolute atomic E-state index is 0.173. The first kappa shape index (κ1) is 17.4. The van der Waals surface area contributed by atoms with E-state index in [1.807, 2.05) is 0 Å². The number of benzene rings is 2. The Morgan fingerprint density at radius 1 is 1.17 bits per heavy atom. The van der Waals surface area contributed by atoms with E-state index in [1.165, 1.54) is 36.4 Å². The van der Waals surface area contributed by atoms with Gasteiger partial charge in [-0.3, -0.25) is 14.9 Å². The fourth-order valence-electron chi connectivity index (χ4n) is 1.84. The molecule has 122 valence electrons. The number of aliphatic carboxylic acids is 1. The van der Waals surface area contributed by atoms with E-state index < -0.39 is 16.8 Å². The Bertz CT molecular complexity index is 831. The lowest BCUT2D eigenvalue weighted by molar-refractivity contribution is -0.384. The minimum atomic E-state index is -1.35. The first-order valence-electron chi connectivity index (χ1n) is 6.63. The van der Waals surface area contributed by atoms with Crippen LogP contribution in [-0.4, -0.2) is 21.9 Å². The number of amides is 1. The van der Waals surface area contributed by atoms with Crippen molar-refractivity contribution in [3.8, 4) is 0 Å². The number of non-ortho nitro benzene ring substituents is 1. The molecule has 0 unspecified atom stereocenters. The highest BCUT2D eigenvalue weighted by molar-refractivity contribution is 9.10. The van der Waals surface area contributed by atoms with Gasteiger partial charge in [-0.15, -0.1) is 0 Å². The summed E-state index contributed by atoms with van der Waals surface area (Å²) < 4.78 is 0.782. The summed E-state index contributed by atoms with van der Waals surface area (Å²) in [4.78, 5) is 33.6. The second-order valence-electron chi connectivity index (χ2n) is 4.68. The van der Waals surface area contributed by atoms with Crippen molar-refractivity contribution in [2.45, 2.75) is 0 Å². The Hall–Kier alpha value is -3.00. The van der Waals surface area contributed by atoms with Gasteiger partial charge in [-0.25, -0.2) is 4.79 Å². The summed E-state index contributed by atoms with van der Waals surface area (Å²) in [6, 6.07) is 11.8. The highest BCUT2D eigenvalue weighted by Crippen LogP contribution is 2.16. The second kappa shape index (κ2) is 7.51. The molecule has 7 nitrogen and oxygen atoms in total. The van der Waals surface area contributed by atoms with Crippen molar-refractivity contribution < 1.29 is 19.6 Å². The number of nitrogens with zero attached hydrogens (tertiary/aromatic N) is 1. The molecule has 2 aromatic carbocycles. The average molecular weight is 391 g/mol. The SMILES string of the molecule is O=C(O)/C(=C/c1cccc([N+](=O)[O-])c1)NC(=O)c1ccc(Br)cc1. The van der Waals surface area contributed by atoms with E-state index in [0.29, 0.717) is 0 Å². The summed E-state index contributed by atoms with van der Waals surface area (Å²) >= 11 is 3.24. The molecule has 0 heterocycles. The molecule has 0 bridgehead atoms. The largest absolute Gasteiger partial charge is 0.477 e. The number of rotatable bonds is 5. The number of nitro groups is 1. The van der Waals surface area contributed by atoms with Crippen molar-refractivity contribution >= 4 is 39.6 Å². The fourth-order valence-corrected chi connectivity index (χ4v) is 2.11. The summed E-state index contributed by atoms with van der Waals surface area (Å²) in [5, 5.41) is 22.3. The third-order valence-corrected chi connectivity index (χ3v) is 3.51. The van der Waals surface area contributed by atoms with Crippen molar-refractivity contribution in [3.63, 3.8) is 0 Å². The molecule has 8 heteroatoms. The quantitative estimate of drug-likeness (QED) is 0.462. The number of carboxylic acids is 1. The summed E-state index contributed by atoms with van der Waals surface area (Å²) in [6.07, 6.45) is 1.16. The normalized spacial score (nSPS) is 11.0. The van der Waals surface area contributed by atoms with Crippen molar-refractivity contribution in [1.29, 1.82) is 0 Å². The van der Waals surface area contributed by atoms with Crippen LogP contribution in [0.1, 0.15) is 15.9 Å². The molecule has 0 aliphatic carbocycles. The van der Waals surface area contributed by atoms with Crippen LogP contribution in [0.5, 0.6) is 0 Å². The van der Waals surface area contributed by atoms with Gasteiger partial charge in [0.05, 0.1) is 4.92 Å². The van der Waals surface area contributed by atoms with Crippen LogP contribution in [0.25, 0.3) is 6.08 Å². The number of nitro benzene ring substituents is 1. The molecule has 0 saturated heterocycles. The lowest BCUT2D eigenvalue weighted by atomic mass is 10.1. The van der Waals surface area contributed by atoms with E-state index in [9.17, 15) is 24.8 Å². The number of carbonyl (C=O) groups is 2. The maximum absolute atomic E-state index is 12.1. The highest BCUT2D eigenvalue weighted by atomic mass is 79.9. The van der Waals surface area contributed by atoms with Gasteiger partial charge in [-0.2, -0.15) is 0 Å². The molecule has 2 N–H and O–H groups in total. The van der Waals surface area contributed by atoms with Crippen LogP contribution in [0.3, 0.4) is 0 Å². The van der Waals surface area contributed by atoms with Gasteiger partial charge in [0, 0.05) is 22.2 Å². The van der Waals surface area contributed by atoms with Gasteiger partial charge in [0.25, 0.3) is 11.6 Å². The summed E-state index contributed by atoms with van der Waals surface area (Å²) in [5.74, 6) is -1.95. The third-order valence-electron chi connectivity index (χ3n) is 2.98. The van der Waals surface area contributed by atoms with E-state index >= 15 is 0 Å². The van der Waals surface area contributed by atoms with Gasteiger partial charge in [-0.05, 0) is 35.9 Å². The molecule has 1 amide bonds. The molecule has 0 radical (unpaired) electrons. The maximum Gasteiger partial charge on any atom is 0.352 e. The number of carbonyl (C=O) groups excluding carboxylic acids is 1. The zero-order valence-electron chi connectivity index (χ0n) is 12.1. The van der Waals surface area contributed by atoms with Crippen LogP contribution in [-0.2, 0) is 4.79 Å². The molecule has 0 spiro atoms. The molecule has 0 atom stereocenters. The summed E-state index contributed by atoms with van der Waals surface area (Å²) in [6.45, 7) is 0. The Morgan fingerprint density at radius 2 is 1.83 bits per heavy atom. The zero-order chi connectivity index (χ0) is 17.7. The molecular formula is C16H11BrN2O5. The Kier molecular flexibility index (Phi) is 5.43. The van der Waals surface area contributed by atoms with Crippen LogP contribution in [0.4, 0.5) is 5.69 Å². The molecular weight excluding hydrogens is 380 g/mol. The Labute approximate surface area is 144 Å². The van der Waals surface area contributed by atoms with Gasteiger partial charge in [0.2, 0.25) is 0 Å². The molecule has 2 aromatic rings. The number of carboxylic acid groups (broad SMARTS) is 1. The van der Waals surface area contributed by atoms with Gasteiger partial charge >= 0.3 is 5.97 Å². The third kappa shape index (κ3) is 4.50. The predicted molar refractivity (Wildman–Crippen MR) is 90.3 cm³/mol. The van der Waals surface area contributed by atoms with Crippen LogP contribution in [0, 0.1) is 10.1 Å². The minimum Gasteiger partial charge on any atom is -0.477 e. The molecule has 0 aliphatic rings. The van der Waals surface area contributed by atoms with Gasteiger partial charge < -0.3 is 10.4 Å². The van der Waals surface area contributed by atoms with Crippen LogP contribution < -0.4 is 5.32 Å². The maximum atomic E-state index is 12.1. The van der Waals surface area contributed by atoms with Crippen molar-refractivity contribution in [2.24, 2.45) is 0 Å². The molecule has 0 fully saturated rings. The monoisotopic (exact) mass is 390 g/mol. The Balaban J connectivity index is 2.27. The number of halogens is 1. The molecule has 2 rings (SSSR count). The molecule has 0 saturated carbocycles. The van der Waals surface area contributed by atoms with Crippen molar-refractivity contribution in [2.75, 3.05) is 0 Å². The van der Waals surface area contributed by atoms with Crippen molar-refractivity contribution in [3.05, 3.63) is 79.9 Å². The smallest absolute Gasteiger partial charge is 0.352 e. The van der Waals surface area contributed by atoms with Crippen LogP contribution >= 0.6 is 15.9 Å². The number of hydrogen-bond acceptors (Lipinski definition) is 4. The van der Waals surface area contributed by atoms with E-state index in [4.69, 9.17) is 0 Å². The predicted octanol–water partition coefficient (Wildman–Crippen LogP) is 3.21. The first-order chi connectivity index (χ1) is 11.4. The second-order valence-corrected chi connectivity index (χ2v) is 5.59. The van der Waals surface area contributed by atoms with E-state index in [0.717, 1.165) is 10.5 Å². The van der Waals surface area contributed by atoms with E-state index in [2.05, 4.69) is 21.2 Å². The van der Waals surface area contributed by atoms with Crippen LogP contribution in [0.2, 0.25) is 0 Å². The lowest BCUT2D eigenvalue weighted by Crippen LogP contribution is -2.27.